The van der Waals surface area contributed by atoms with Crippen molar-refractivity contribution >= 4 is 11.6 Å². The lowest BCUT2D eigenvalue weighted by atomic mass is 10.3. The Morgan fingerprint density at radius 3 is 2.65 bits per heavy atom. The minimum absolute atomic E-state index is 0.0108. The van der Waals surface area contributed by atoms with Crippen LogP contribution in [0.4, 0.5) is 0 Å². The van der Waals surface area contributed by atoms with E-state index in [9.17, 15) is 19.8 Å². The number of carbonyl (C=O) groups excluding carboxylic acids is 1. The van der Waals surface area contributed by atoms with Gasteiger partial charge in [0, 0.05) is 25.5 Å². The summed E-state index contributed by atoms with van der Waals surface area (Å²) in [5.74, 6) is -0.531. The van der Waals surface area contributed by atoms with Crippen molar-refractivity contribution in [1.29, 1.82) is 0 Å². The molecule has 3 rings (SSSR count). The zero-order valence-corrected chi connectivity index (χ0v) is 10.5. The number of rotatable bonds is 1. The predicted molar refractivity (Wildman–Crippen MR) is 69.4 cm³/mol. The van der Waals surface area contributed by atoms with Crippen LogP contribution in [0.1, 0.15) is 10.4 Å². The van der Waals surface area contributed by atoms with E-state index in [0.29, 0.717) is 5.65 Å². The molecule has 2 N–H and O–H groups in total. The quantitative estimate of drug-likeness (QED) is 0.687. The van der Waals surface area contributed by atoms with Crippen LogP contribution >= 0.6 is 0 Å². The van der Waals surface area contributed by atoms with Crippen LogP contribution in [0.5, 0.6) is 0 Å². The fraction of sp³-hybridized carbons (Fsp3) is 0.308. The SMILES string of the molecule is O=C(c1cnc2ccccn2c1=O)N1CC(O)C(O)C1. The minimum atomic E-state index is -0.977. The summed E-state index contributed by atoms with van der Waals surface area (Å²) in [5, 5.41) is 18.9. The second kappa shape index (κ2) is 4.69. The number of aliphatic hydroxyl groups excluding tert-OH is 2. The summed E-state index contributed by atoms with van der Waals surface area (Å²) in [6.45, 7) is 0.0217. The molecule has 0 aromatic carbocycles. The number of carbonyl (C=O) groups is 1. The molecule has 7 heteroatoms. The van der Waals surface area contributed by atoms with Gasteiger partial charge in [0.15, 0.2) is 0 Å². The lowest BCUT2D eigenvalue weighted by Gasteiger charge is -2.14. The fourth-order valence-corrected chi connectivity index (χ4v) is 2.28. The summed E-state index contributed by atoms with van der Waals surface area (Å²) in [6, 6.07) is 5.09. The molecule has 3 heterocycles. The average Bonchev–Trinajstić information content (AvgIpc) is 2.79. The first-order chi connectivity index (χ1) is 9.58. The molecular formula is C13H13N3O4. The van der Waals surface area contributed by atoms with Gasteiger partial charge in [-0.25, -0.2) is 4.98 Å². The highest BCUT2D eigenvalue weighted by molar-refractivity contribution is 5.94. The molecule has 0 radical (unpaired) electrons. The summed E-state index contributed by atoms with van der Waals surface area (Å²) in [6.07, 6.45) is 0.817. The van der Waals surface area contributed by atoms with Gasteiger partial charge >= 0.3 is 0 Å². The van der Waals surface area contributed by atoms with Gasteiger partial charge in [-0.3, -0.25) is 14.0 Å². The molecule has 2 aromatic rings. The van der Waals surface area contributed by atoms with Crippen LogP contribution in [0.25, 0.3) is 5.65 Å². The van der Waals surface area contributed by atoms with Crippen molar-refractivity contribution < 1.29 is 15.0 Å². The van der Waals surface area contributed by atoms with Gasteiger partial charge in [0.1, 0.15) is 11.2 Å². The molecule has 1 saturated heterocycles. The molecule has 1 aliphatic heterocycles. The van der Waals surface area contributed by atoms with Crippen LogP contribution in [-0.4, -0.2) is 55.7 Å². The van der Waals surface area contributed by atoms with Gasteiger partial charge in [0.25, 0.3) is 11.5 Å². The Balaban J connectivity index is 2.01. The van der Waals surface area contributed by atoms with Gasteiger partial charge in [0.05, 0.1) is 12.2 Å². The van der Waals surface area contributed by atoms with Gasteiger partial charge in [-0.1, -0.05) is 6.07 Å². The summed E-state index contributed by atoms with van der Waals surface area (Å²) in [7, 11) is 0. The van der Waals surface area contributed by atoms with Crippen molar-refractivity contribution in [2.45, 2.75) is 12.2 Å². The van der Waals surface area contributed by atoms with E-state index in [-0.39, 0.29) is 18.7 Å². The van der Waals surface area contributed by atoms with E-state index in [1.165, 1.54) is 21.7 Å². The van der Waals surface area contributed by atoms with Crippen molar-refractivity contribution in [2.75, 3.05) is 13.1 Å². The number of aliphatic hydroxyl groups is 2. The van der Waals surface area contributed by atoms with Crippen molar-refractivity contribution in [3.8, 4) is 0 Å². The molecule has 2 atom stereocenters. The first kappa shape index (κ1) is 12.8. The summed E-state index contributed by atoms with van der Waals surface area (Å²) >= 11 is 0. The molecule has 7 nitrogen and oxygen atoms in total. The van der Waals surface area contributed by atoms with Crippen LogP contribution in [-0.2, 0) is 0 Å². The zero-order chi connectivity index (χ0) is 14.3. The van der Waals surface area contributed by atoms with Crippen molar-refractivity contribution in [2.24, 2.45) is 0 Å². The number of pyridine rings is 1. The maximum Gasteiger partial charge on any atom is 0.270 e. The van der Waals surface area contributed by atoms with Gasteiger partial charge in [-0.15, -0.1) is 0 Å². The Kier molecular flexibility index (Phi) is 3.00. The normalized spacial score (nSPS) is 22.4. The average molecular weight is 275 g/mol. The molecule has 1 amide bonds. The Morgan fingerprint density at radius 1 is 1.25 bits per heavy atom. The molecule has 1 aliphatic rings. The lowest BCUT2D eigenvalue weighted by Crippen LogP contribution is -2.35. The molecule has 20 heavy (non-hydrogen) atoms. The molecule has 0 bridgehead atoms. The highest BCUT2D eigenvalue weighted by Gasteiger charge is 2.34. The van der Waals surface area contributed by atoms with E-state index < -0.39 is 23.7 Å². The number of likely N-dealkylation sites (tertiary alicyclic amines) is 1. The van der Waals surface area contributed by atoms with E-state index >= 15 is 0 Å². The van der Waals surface area contributed by atoms with Crippen LogP contribution in [0.2, 0.25) is 0 Å². The van der Waals surface area contributed by atoms with E-state index in [1.54, 1.807) is 18.2 Å². The van der Waals surface area contributed by atoms with Crippen LogP contribution in [0, 0.1) is 0 Å². The molecule has 2 aromatic heterocycles. The van der Waals surface area contributed by atoms with E-state index in [0.717, 1.165) is 0 Å². The smallest absolute Gasteiger partial charge is 0.270 e. The lowest BCUT2D eigenvalue weighted by molar-refractivity contribution is 0.0572. The molecule has 1 fully saturated rings. The number of hydrogen-bond donors (Lipinski definition) is 2. The highest BCUT2D eigenvalue weighted by atomic mass is 16.3. The Bertz CT molecular complexity index is 717. The standard InChI is InChI=1S/C13H13N3O4/c17-9-6-15(7-10(9)18)12(19)8-5-14-11-3-1-2-4-16(11)13(8)20/h1-5,9-10,17-18H,6-7H2. The molecule has 0 saturated carbocycles. The van der Waals surface area contributed by atoms with Crippen molar-refractivity contribution in [1.82, 2.24) is 14.3 Å². The molecule has 2 unspecified atom stereocenters. The van der Waals surface area contributed by atoms with Gasteiger partial charge < -0.3 is 15.1 Å². The summed E-state index contributed by atoms with van der Waals surface area (Å²) < 4.78 is 1.29. The zero-order valence-electron chi connectivity index (χ0n) is 10.5. The predicted octanol–water partition coefficient (Wildman–Crippen LogP) is -1.13. The van der Waals surface area contributed by atoms with Crippen molar-refractivity contribution in [3.63, 3.8) is 0 Å². The maximum absolute atomic E-state index is 12.3. The third kappa shape index (κ3) is 1.97. The third-order valence-electron chi connectivity index (χ3n) is 3.39. The Labute approximate surface area is 113 Å². The summed E-state index contributed by atoms with van der Waals surface area (Å²) in [4.78, 5) is 29.8. The second-order valence-electron chi connectivity index (χ2n) is 4.75. The van der Waals surface area contributed by atoms with Gasteiger partial charge in [0.2, 0.25) is 0 Å². The number of nitrogens with zero attached hydrogens (tertiary/aromatic N) is 3. The monoisotopic (exact) mass is 275 g/mol. The number of hydrogen-bond acceptors (Lipinski definition) is 5. The topological polar surface area (TPSA) is 95.1 Å². The molecule has 104 valence electrons. The van der Waals surface area contributed by atoms with Crippen LogP contribution in [0.15, 0.2) is 35.4 Å². The third-order valence-corrected chi connectivity index (χ3v) is 3.39. The number of aromatic nitrogens is 2. The minimum Gasteiger partial charge on any atom is -0.388 e. The van der Waals surface area contributed by atoms with Crippen LogP contribution in [0.3, 0.4) is 0 Å². The molecular weight excluding hydrogens is 262 g/mol. The van der Waals surface area contributed by atoms with E-state index in [4.69, 9.17) is 0 Å². The molecule has 0 aliphatic carbocycles. The van der Waals surface area contributed by atoms with E-state index in [1.807, 2.05) is 0 Å². The van der Waals surface area contributed by atoms with Gasteiger partial charge in [-0.2, -0.15) is 0 Å². The first-order valence-corrected chi connectivity index (χ1v) is 6.20. The Hall–Kier alpha value is -2.25. The Morgan fingerprint density at radius 2 is 1.95 bits per heavy atom. The van der Waals surface area contributed by atoms with Crippen molar-refractivity contribution in [3.05, 3.63) is 46.5 Å². The second-order valence-corrected chi connectivity index (χ2v) is 4.75. The molecule has 0 spiro atoms. The van der Waals surface area contributed by atoms with Crippen LogP contribution < -0.4 is 5.56 Å². The first-order valence-electron chi connectivity index (χ1n) is 6.20. The number of β-amino-alcohol motifs (C(OH)–C–C–N with tert-alkyl or cyclic N) is 2. The fourth-order valence-electron chi connectivity index (χ4n) is 2.28. The van der Waals surface area contributed by atoms with E-state index in [2.05, 4.69) is 4.98 Å². The largest absolute Gasteiger partial charge is 0.388 e. The number of fused-ring (bicyclic) bond motifs is 1. The highest BCUT2D eigenvalue weighted by Crippen LogP contribution is 2.12. The maximum atomic E-state index is 12.3. The number of amides is 1. The van der Waals surface area contributed by atoms with Gasteiger partial charge in [-0.05, 0) is 12.1 Å². The summed E-state index contributed by atoms with van der Waals surface area (Å²) in [5.41, 5.74) is -0.0815.